The average Bonchev–Trinajstić information content (AvgIpc) is 3.13. The van der Waals surface area contributed by atoms with Crippen molar-refractivity contribution in [1.82, 2.24) is 15.5 Å². The van der Waals surface area contributed by atoms with Crippen LogP contribution in [-0.2, 0) is 11.3 Å². The van der Waals surface area contributed by atoms with Gasteiger partial charge >= 0.3 is 0 Å². The van der Waals surface area contributed by atoms with E-state index < -0.39 is 0 Å². The number of amides is 1. The quantitative estimate of drug-likeness (QED) is 0.450. The fourth-order valence-electron chi connectivity index (χ4n) is 3.80. The molecule has 1 aromatic carbocycles. The van der Waals surface area contributed by atoms with E-state index in [0.29, 0.717) is 18.5 Å². The summed E-state index contributed by atoms with van der Waals surface area (Å²) in [7, 11) is 3.77. The van der Waals surface area contributed by atoms with E-state index in [1.165, 1.54) is 32.1 Å². The van der Waals surface area contributed by atoms with Gasteiger partial charge in [0.15, 0.2) is 5.96 Å². The molecule has 3 N–H and O–H groups in total. The van der Waals surface area contributed by atoms with Crippen molar-refractivity contribution in [3.63, 3.8) is 0 Å². The van der Waals surface area contributed by atoms with Gasteiger partial charge in [0.2, 0.25) is 5.91 Å². The van der Waals surface area contributed by atoms with E-state index in [1.807, 2.05) is 43.3 Å². The number of benzene rings is 1. The van der Waals surface area contributed by atoms with E-state index in [0.717, 1.165) is 30.3 Å². The fraction of sp³-hybridized carbons (Fsp3) is 0.636. The molecule has 6 heteroatoms. The summed E-state index contributed by atoms with van der Waals surface area (Å²) in [6.45, 7) is 7.15. The molecule has 1 aromatic rings. The Balaban J connectivity index is 1.96. The third kappa shape index (κ3) is 7.15. The minimum absolute atomic E-state index is 0.0120. The maximum Gasteiger partial charge on any atom is 0.238 e. The largest absolute Gasteiger partial charge is 0.357 e. The van der Waals surface area contributed by atoms with Crippen molar-refractivity contribution < 1.29 is 4.79 Å². The lowest BCUT2D eigenvalue weighted by molar-refractivity contribution is -0.116. The first kappa shape index (κ1) is 22.2. The number of carbonyl (C=O) groups excluding carboxylic acids is 1. The van der Waals surface area contributed by atoms with E-state index in [-0.39, 0.29) is 5.91 Å². The highest BCUT2D eigenvalue weighted by Gasteiger charge is 2.31. The molecular weight excluding hydrogens is 350 g/mol. The summed E-state index contributed by atoms with van der Waals surface area (Å²) in [5.41, 5.74) is 2.31. The molecule has 0 atom stereocenters. The van der Waals surface area contributed by atoms with Gasteiger partial charge in [-0.3, -0.25) is 4.79 Å². The van der Waals surface area contributed by atoms with Crippen LogP contribution in [0.4, 0.5) is 5.69 Å². The van der Waals surface area contributed by atoms with Crippen molar-refractivity contribution in [2.24, 2.45) is 10.4 Å². The third-order valence-corrected chi connectivity index (χ3v) is 5.48. The van der Waals surface area contributed by atoms with Crippen LogP contribution in [0.1, 0.15) is 51.5 Å². The van der Waals surface area contributed by atoms with E-state index in [4.69, 9.17) is 4.99 Å². The molecule has 1 aliphatic rings. The smallest absolute Gasteiger partial charge is 0.238 e. The molecule has 0 radical (unpaired) electrons. The Morgan fingerprint density at radius 3 is 2.57 bits per heavy atom. The zero-order valence-corrected chi connectivity index (χ0v) is 18.0. The number of nitrogens with zero attached hydrogens (tertiary/aromatic N) is 2. The Morgan fingerprint density at radius 2 is 1.93 bits per heavy atom. The first-order chi connectivity index (χ1) is 13.5. The van der Waals surface area contributed by atoms with Crippen LogP contribution >= 0.6 is 0 Å². The lowest BCUT2D eigenvalue weighted by Crippen LogP contribution is -2.42. The topological polar surface area (TPSA) is 68.8 Å². The Kier molecular flexibility index (Phi) is 8.77. The minimum atomic E-state index is -0.0120. The number of likely N-dealkylation sites (N-methyl/N-ethyl adjacent to an activating group) is 1. The number of guanidine groups is 1. The molecule has 0 heterocycles. The van der Waals surface area contributed by atoms with Crippen LogP contribution in [0.2, 0.25) is 0 Å². The maximum absolute atomic E-state index is 12.0. The van der Waals surface area contributed by atoms with E-state index in [2.05, 4.69) is 29.8 Å². The number of rotatable bonds is 9. The van der Waals surface area contributed by atoms with Gasteiger partial charge in [0.05, 0.1) is 13.1 Å². The Morgan fingerprint density at radius 1 is 1.18 bits per heavy atom. The van der Waals surface area contributed by atoms with Crippen LogP contribution in [0.5, 0.6) is 0 Å². The van der Waals surface area contributed by atoms with Crippen molar-refractivity contribution in [3.8, 4) is 0 Å². The van der Waals surface area contributed by atoms with Crippen LogP contribution in [0.25, 0.3) is 0 Å². The normalized spacial score (nSPS) is 16.2. The Labute approximate surface area is 170 Å². The van der Waals surface area contributed by atoms with E-state index in [1.54, 1.807) is 0 Å². The zero-order chi connectivity index (χ0) is 20.4. The summed E-state index contributed by atoms with van der Waals surface area (Å²) >= 11 is 0. The van der Waals surface area contributed by atoms with Gasteiger partial charge in [0, 0.05) is 18.8 Å². The Bertz CT molecular complexity index is 650. The van der Waals surface area contributed by atoms with Crippen LogP contribution in [0.15, 0.2) is 29.3 Å². The summed E-state index contributed by atoms with van der Waals surface area (Å²) in [4.78, 5) is 18.6. The SMILES string of the molecule is CCNC(=NCc1cccc(NC(=O)CN(C)C)c1)NCC1(CC)CCCC1. The molecule has 0 spiro atoms. The second-order valence-corrected chi connectivity index (χ2v) is 8.10. The highest BCUT2D eigenvalue weighted by Crippen LogP contribution is 2.40. The van der Waals surface area contributed by atoms with Crippen LogP contribution < -0.4 is 16.0 Å². The second-order valence-electron chi connectivity index (χ2n) is 8.10. The highest BCUT2D eigenvalue weighted by molar-refractivity contribution is 5.92. The average molecular weight is 388 g/mol. The van der Waals surface area contributed by atoms with Crippen molar-refractivity contribution in [2.75, 3.05) is 39.0 Å². The van der Waals surface area contributed by atoms with Crippen molar-refractivity contribution in [3.05, 3.63) is 29.8 Å². The third-order valence-electron chi connectivity index (χ3n) is 5.48. The standard InChI is InChI=1S/C22H37N5O/c1-5-22(12-7-8-13-22)17-25-21(23-6-2)24-15-18-10-9-11-19(14-18)26-20(28)16-27(3)4/h9-11,14H,5-8,12-13,15-17H2,1-4H3,(H,26,28)(H2,23,24,25). The first-order valence-corrected chi connectivity index (χ1v) is 10.5. The van der Waals surface area contributed by atoms with Crippen molar-refractivity contribution in [1.29, 1.82) is 0 Å². The molecule has 1 amide bonds. The lowest BCUT2D eigenvalue weighted by atomic mass is 9.83. The number of hydrogen-bond acceptors (Lipinski definition) is 3. The maximum atomic E-state index is 12.0. The van der Waals surface area contributed by atoms with Gasteiger partial charge in [-0.25, -0.2) is 4.99 Å². The monoisotopic (exact) mass is 387 g/mol. The zero-order valence-electron chi connectivity index (χ0n) is 18.0. The van der Waals surface area contributed by atoms with Gasteiger partial charge in [-0.1, -0.05) is 31.9 Å². The van der Waals surface area contributed by atoms with Crippen molar-refractivity contribution in [2.45, 2.75) is 52.5 Å². The van der Waals surface area contributed by atoms with E-state index >= 15 is 0 Å². The number of aliphatic imine (C=N–C) groups is 1. The molecule has 1 saturated carbocycles. The lowest BCUT2D eigenvalue weighted by Gasteiger charge is -2.28. The second kappa shape index (κ2) is 11.1. The van der Waals surface area contributed by atoms with Gasteiger partial charge in [-0.05, 0) is 63.4 Å². The molecule has 156 valence electrons. The van der Waals surface area contributed by atoms with Crippen LogP contribution in [0.3, 0.4) is 0 Å². The molecule has 1 fully saturated rings. The fourth-order valence-corrected chi connectivity index (χ4v) is 3.80. The molecule has 0 saturated heterocycles. The summed E-state index contributed by atoms with van der Waals surface area (Å²) in [5, 5.41) is 9.85. The number of carbonyl (C=O) groups is 1. The summed E-state index contributed by atoms with van der Waals surface area (Å²) in [6.07, 6.45) is 6.52. The molecule has 28 heavy (non-hydrogen) atoms. The molecule has 0 aliphatic heterocycles. The van der Waals surface area contributed by atoms with Gasteiger partial charge in [-0.15, -0.1) is 0 Å². The number of anilines is 1. The predicted octanol–water partition coefficient (Wildman–Crippen LogP) is 3.21. The molecule has 6 nitrogen and oxygen atoms in total. The molecule has 2 rings (SSSR count). The number of hydrogen-bond donors (Lipinski definition) is 3. The summed E-state index contributed by atoms with van der Waals surface area (Å²) in [5.74, 6) is 0.853. The molecule has 0 unspecified atom stereocenters. The highest BCUT2D eigenvalue weighted by atomic mass is 16.2. The minimum Gasteiger partial charge on any atom is -0.357 e. The van der Waals surface area contributed by atoms with Gasteiger partial charge in [0.25, 0.3) is 0 Å². The van der Waals surface area contributed by atoms with Gasteiger partial charge < -0.3 is 20.9 Å². The summed E-state index contributed by atoms with van der Waals surface area (Å²) in [6, 6.07) is 7.90. The predicted molar refractivity (Wildman–Crippen MR) is 118 cm³/mol. The molecule has 0 aromatic heterocycles. The first-order valence-electron chi connectivity index (χ1n) is 10.5. The van der Waals surface area contributed by atoms with Gasteiger partial charge in [0.1, 0.15) is 0 Å². The molecule has 0 bridgehead atoms. The molecule has 1 aliphatic carbocycles. The van der Waals surface area contributed by atoms with Crippen LogP contribution in [-0.4, -0.2) is 50.5 Å². The number of nitrogens with one attached hydrogen (secondary N) is 3. The Hall–Kier alpha value is -2.08. The summed E-state index contributed by atoms with van der Waals surface area (Å²) < 4.78 is 0. The van der Waals surface area contributed by atoms with Crippen LogP contribution in [0, 0.1) is 5.41 Å². The van der Waals surface area contributed by atoms with E-state index in [9.17, 15) is 4.79 Å². The molecular formula is C22H37N5O. The van der Waals surface area contributed by atoms with Gasteiger partial charge in [-0.2, -0.15) is 0 Å². The van der Waals surface area contributed by atoms with Crippen molar-refractivity contribution >= 4 is 17.6 Å².